The molecule has 1 aromatic carbocycles. The number of methoxy groups -OCH3 is 1. The summed E-state index contributed by atoms with van der Waals surface area (Å²) in [4.78, 5) is 19.2. The fourth-order valence-corrected chi connectivity index (χ4v) is 1.49. The van der Waals surface area contributed by atoms with Crippen LogP contribution < -0.4 is 5.32 Å². The number of halogens is 1. The van der Waals surface area contributed by atoms with Gasteiger partial charge in [0.15, 0.2) is 5.69 Å². The van der Waals surface area contributed by atoms with E-state index in [1.165, 1.54) is 31.6 Å². The van der Waals surface area contributed by atoms with Crippen LogP contribution in [0.5, 0.6) is 0 Å². The molecule has 0 aliphatic heterocycles. The number of hydrogen-bond donors (Lipinski definition) is 1. The number of carbonyl (C=O) groups is 1. The third kappa shape index (κ3) is 2.87. The fraction of sp³-hybridized carbons (Fsp3) is 0.0769. The normalized spacial score (nSPS) is 9.65. The molecule has 0 spiro atoms. The largest absolute Gasteiger partial charge is 0.464 e. The Hall–Kier alpha value is -3.01. The Balaban J connectivity index is 2.31. The smallest absolute Gasteiger partial charge is 0.358 e. The van der Waals surface area contributed by atoms with Crippen molar-refractivity contribution in [2.75, 3.05) is 12.4 Å². The fourth-order valence-electron chi connectivity index (χ4n) is 1.49. The molecular formula is C13H9FN4O2. The Bertz CT molecular complexity index is 697. The lowest BCUT2D eigenvalue weighted by molar-refractivity contribution is 0.0593. The maximum absolute atomic E-state index is 13.0. The molecular weight excluding hydrogens is 263 g/mol. The van der Waals surface area contributed by atoms with Crippen LogP contribution in [0.1, 0.15) is 16.1 Å². The zero-order valence-corrected chi connectivity index (χ0v) is 10.4. The van der Waals surface area contributed by atoms with Crippen LogP contribution in [0.2, 0.25) is 0 Å². The van der Waals surface area contributed by atoms with Crippen LogP contribution in [-0.4, -0.2) is 23.0 Å². The Morgan fingerprint density at radius 3 is 2.95 bits per heavy atom. The summed E-state index contributed by atoms with van der Waals surface area (Å²) < 4.78 is 17.6. The van der Waals surface area contributed by atoms with Crippen LogP contribution in [0.3, 0.4) is 0 Å². The van der Waals surface area contributed by atoms with E-state index < -0.39 is 11.8 Å². The summed E-state index contributed by atoms with van der Waals surface area (Å²) in [7, 11) is 1.23. The Morgan fingerprint density at radius 2 is 2.25 bits per heavy atom. The van der Waals surface area contributed by atoms with Gasteiger partial charge in [0.25, 0.3) is 0 Å². The second-order valence-electron chi connectivity index (χ2n) is 3.71. The second kappa shape index (κ2) is 5.75. The topological polar surface area (TPSA) is 87.9 Å². The van der Waals surface area contributed by atoms with E-state index in [1.54, 1.807) is 0 Å². The number of esters is 1. The van der Waals surface area contributed by atoms with E-state index in [0.717, 1.165) is 6.07 Å². The van der Waals surface area contributed by atoms with Gasteiger partial charge >= 0.3 is 5.97 Å². The Morgan fingerprint density at radius 1 is 1.45 bits per heavy atom. The molecule has 0 fully saturated rings. The first kappa shape index (κ1) is 13.4. The molecule has 20 heavy (non-hydrogen) atoms. The molecule has 2 rings (SSSR count). The molecule has 0 aliphatic carbocycles. The van der Waals surface area contributed by atoms with Gasteiger partial charge in [-0.2, -0.15) is 5.26 Å². The minimum atomic E-state index is -0.624. The maximum atomic E-state index is 13.0. The first-order valence-electron chi connectivity index (χ1n) is 5.51. The van der Waals surface area contributed by atoms with Crippen molar-refractivity contribution in [2.45, 2.75) is 0 Å². The standard InChI is InChI=1S/C13H9FN4O2/c1-20-13(19)11-6-16-7-12(18-11)17-10-3-2-9(14)4-8(10)5-15/h2-4,6-7H,1H3,(H,17,18). The molecule has 6 nitrogen and oxygen atoms in total. The summed E-state index contributed by atoms with van der Waals surface area (Å²) in [6, 6.07) is 5.57. The molecule has 2 aromatic rings. The van der Waals surface area contributed by atoms with Crippen molar-refractivity contribution in [3.05, 3.63) is 47.7 Å². The predicted octanol–water partition coefficient (Wildman–Crippen LogP) is 2.02. The number of rotatable bonds is 3. The minimum Gasteiger partial charge on any atom is -0.464 e. The SMILES string of the molecule is COC(=O)c1cncc(Nc2ccc(F)cc2C#N)n1. The lowest BCUT2D eigenvalue weighted by Gasteiger charge is -2.07. The summed E-state index contributed by atoms with van der Waals surface area (Å²) >= 11 is 0. The predicted molar refractivity (Wildman–Crippen MR) is 67.8 cm³/mol. The van der Waals surface area contributed by atoms with Crippen molar-refractivity contribution < 1.29 is 13.9 Å². The lowest BCUT2D eigenvalue weighted by atomic mass is 10.2. The van der Waals surface area contributed by atoms with Crippen molar-refractivity contribution in [2.24, 2.45) is 0 Å². The van der Waals surface area contributed by atoms with E-state index in [-0.39, 0.29) is 17.1 Å². The number of nitrogens with one attached hydrogen (secondary N) is 1. The molecule has 0 bridgehead atoms. The number of hydrogen-bond acceptors (Lipinski definition) is 6. The quantitative estimate of drug-likeness (QED) is 0.860. The highest BCUT2D eigenvalue weighted by Crippen LogP contribution is 2.20. The molecule has 0 saturated heterocycles. The van der Waals surface area contributed by atoms with Gasteiger partial charge in [-0.1, -0.05) is 0 Å². The third-order valence-electron chi connectivity index (χ3n) is 2.39. The zero-order chi connectivity index (χ0) is 14.5. The number of nitriles is 1. The van der Waals surface area contributed by atoms with E-state index in [4.69, 9.17) is 5.26 Å². The van der Waals surface area contributed by atoms with Crippen LogP contribution in [-0.2, 0) is 4.74 Å². The van der Waals surface area contributed by atoms with Crippen molar-refractivity contribution in [3.63, 3.8) is 0 Å². The van der Waals surface area contributed by atoms with Gasteiger partial charge in [0, 0.05) is 0 Å². The number of nitrogens with zero attached hydrogens (tertiary/aromatic N) is 3. The molecule has 0 amide bonds. The number of carbonyl (C=O) groups excluding carboxylic acids is 1. The van der Waals surface area contributed by atoms with Gasteiger partial charge in [-0.25, -0.2) is 14.2 Å². The van der Waals surface area contributed by atoms with Crippen molar-refractivity contribution in [3.8, 4) is 6.07 Å². The summed E-state index contributed by atoms with van der Waals surface area (Å²) in [5.41, 5.74) is 0.513. The highest BCUT2D eigenvalue weighted by Gasteiger charge is 2.10. The first-order valence-corrected chi connectivity index (χ1v) is 5.51. The molecule has 0 aliphatic rings. The molecule has 100 valence electrons. The van der Waals surface area contributed by atoms with Gasteiger partial charge < -0.3 is 10.1 Å². The van der Waals surface area contributed by atoms with E-state index in [1.807, 2.05) is 6.07 Å². The summed E-state index contributed by atoms with van der Waals surface area (Å²) in [5.74, 6) is -0.890. The van der Waals surface area contributed by atoms with Gasteiger partial charge in [-0.15, -0.1) is 0 Å². The van der Waals surface area contributed by atoms with E-state index >= 15 is 0 Å². The van der Waals surface area contributed by atoms with Crippen molar-refractivity contribution >= 4 is 17.5 Å². The minimum absolute atomic E-state index is 0.0260. The average Bonchev–Trinajstić information content (AvgIpc) is 2.48. The maximum Gasteiger partial charge on any atom is 0.358 e. The van der Waals surface area contributed by atoms with Gasteiger partial charge in [0.2, 0.25) is 0 Å². The highest BCUT2D eigenvalue weighted by molar-refractivity contribution is 5.87. The Kier molecular flexibility index (Phi) is 3.86. The van der Waals surface area contributed by atoms with E-state index in [2.05, 4.69) is 20.0 Å². The summed E-state index contributed by atoms with van der Waals surface area (Å²) in [6.45, 7) is 0. The van der Waals surface area contributed by atoms with E-state index in [0.29, 0.717) is 5.69 Å². The Labute approximate surface area is 113 Å². The molecule has 7 heteroatoms. The van der Waals surface area contributed by atoms with Crippen LogP contribution in [0.15, 0.2) is 30.6 Å². The second-order valence-corrected chi connectivity index (χ2v) is 3.71. The molecule has 0 saturated carbocycles. The molecule has 0 radical (unpaired) electrons. The summed E-state index contributed by atoms with van der Waals surface area (Å²) in [6.07, 6.45) is 2.63. The number of anilines is 2. The van der Waals surface area contributed by atoms with Crippen LogP contribution in [0.4, 0.5) is 15.9 Å². The van der Waals surface area contributed by atoms with Gasteiger partial charge in [-0.3, -0.25) is 4.98 Å². The highest BCUT2D eigenvalue weighted by atomic mass is 19.1. The molecule has 0 atom stereocenters. The third-order valence-corrected chi connectivity index (χ3v) is 2.39. The number of ether oxygens (including phenoxy) is 1. The molecule has 1 aromatic heterocycles. The first-order chi connectivity index (χ1) is 9.63. The van der Waals surface area contributed by atoms with Crippen molar-refractivity contribution in [1.29, 1.82) is 5.26 Å². The average molecular weight is 272 g/mol. The number of benzene rings is 1. The monoisotopic (exact) mass is 272 g/mol. The van der Waals surface area contributed by atoms with Gasteiger partial charge in [-0.05, 0) is 18.2 Å². The van der Waals surface area contributed by atoms with Crippen LogP contribution >= 0.6 is 0 Å². The van der Waals surface area contributed by atoms with Crippen LogP contribution in [0.25, 0.3) is 0 Å². The van der Waals surface area contributed by atoms with Gasteiger partial charge in [0.05, 0.1) is 30.8 Å². The van der Waals surface area contributed by atoms with E-state index in [9.17, 15) is 9.18 Å². The molecule has 1 N–H and O–H groups in total. The number of aromatic nitrogens is 2. The molecule has 1 heterocycles. The van der Waals surface area contributed by atoms with Crippen molar-refractivity contribution in [1.82, 2.24) is 9.97 Å². The summed E-state index contributed by atoms with van der Waals surface area (Å²) in [5, 5.41) is 11.7. The molecule has 0 unspecified atom stereocenters. The zero-order valence-electron chi connectivity index (χ0n) is 10.4. The lowest BCUT2D eigenvalue weighted by Crippen LogP contribution is -2.07. The van der Waals surface area contributed by atoms with Gasteiger partial charge in [0.1, 0.15) is 17.7 Å². The van der Waals surface area contributed by atoms with Crippen LogP contribution in [0, 0.1) is 17.1 Å².